The monoisotopic (exact) mass is 479 g/mol. The fraction of sp³-hybridized carbons (Fsp3) is 0.368. The largest absolute Gasteiger partial charge is 0.496 e. The number of nitrogens with one attached hydrogen (secondary N) is 1. The lowest BCUT2D eigenvalue weighted by molar-refractivity contribution is -0.119. The Morgan fingerprint density at radius 1 is 1.38 bits per heavy atom. The number of hydrogen-bond donors (Lipinski definition) is 1. The lowest BCUT2D eigenvalue weighted by Crippen LogP contribution is -2.35. The van der Waals surface area contributed by atoms with Gasteiger partial charge in [0.2, 0.25) is 16.0 Å². The minimum atomic E-state index is -0.208. The molecule has 0 aliphatic rings. The lowest BCUT2D eigenvalue weighted by atomic mass is 10.2. The number of ether oxygens (including phenoxy) is 1. The highest BCUT2D eigenvalue weighted by Gasteiger charge is 2.15. The molecule has 0 unspecified atom stereocenters. The van der Waals surface area contributed by atoms with Crippen LogP contribution < -0.4 is 20.5 Å². The van der Waals surface area contributed by atoms with Crippen molar-refractivity contribution in [1.29, 1.82) is 0 Å². The van der Waals surface area contributed by atoms with Crippen LogP contribution in [-0.4, -0.2) is 41.2 Å². The number of aryl methyl sites for hydroxylation is 1. The topological polar surface area (TPSA) is 88.8 Å². The summed E-state index contributed by atoms with van der Waals surface area (Å²) in [5.74, 6) is 0.544. The molecule has 2 aromatic heterocycles. The molecule has 0 aliphatic carbocycles. The summed E-state index contributed by atoms with van der Waals surface area (Å²) in [5, 5.41) is 7.74. The third-order valence-corrected chi connectivity index (χ3v) is 5.74. The van der Waals surface area contributed by atoms with Crippen molar-refractivity contribution in [3.8, 4) is 5.75 Å². The van der Waals surface area contributed by atoms with Gasteiger partial charge in [0.25, 0.3) is 5.56 Å². The number of halogens is 1. The van der Waals surface area contributed by atoms with Crippen molar-refractivity contribution in [2.24, 2.45) is 0 Å². The Balaban J connectivity index is 1.67. The zero-order valence-corrected chi connectivity index (χ0v) is 18.8. The molecule has 1 aromatic carbocycles. The molecule has 0 spiro atoms. The van der Waals surface area contributed by atoms with E-state index in [1.165, 1.54) is 21.9 Å². The fourth-order valence-corrected chi connectivity index (χ4v) is 4.10. The molecular weight excluding hydrogens is 458 g/mol. The first-order valence-corrected chi connectivity index (χ1v) is 10.7. The van der Waals surface area contributed by atoms with Crippen molar-refractivity contribution in [3.05, 3.63) is 50.3 Å². The molecule has 0 radical (unpaired) electrons. The number of methoxy groups -OCH3 is 1. The van der Waals surface area contributed by atoms with E-state index < -0.39 is 0 Å². The van der Waals surface area contributed by atoms with Crippen LogP contribution in [0, 0.1) is 0 Å². The normalized spacial score (nSPS) is 10.9. The van der Waals surface area contributed by atoms with Crippen LogP contribution in [0.5, 0.6) is 5.75 Å². The molecule has 0 fully saturated rings. The minimum absolute atomic E-state index is 0.104. The van der Waals surface area contributed by atoms with Crippen LogP contribution in [0.15, 0.2) is 33.5 Å². The summed E-state index contributed by atoms with van der Waals surface area (Å²) in [6.45, 7) is 2.49. The van der Waals surface area contributed by atoms with Gasteiger partial charge in [-0.1, -0.05) is 40.6 Å². The molecule has 0 saturated heterocycles. The van der Waals surface area contributed by atoms with Crippen molar-refractivity contribution in [3.63, 3.8) is 0 Å². The number of benzene rings is 1. The summed E-state index contributed by atoms with van der Waals surface area (Å²) in [4.78, 5) is 31.3. The first-order valence-electron chi connectivity index (χ1n) is 9.11. The van der Waals surface area contributed by atoms with Crippen LogP contribution in [0.1, 0.15) is 24.6 Å². The first-order chi connectivity index (χ1) is 13.9. The van der Waals surface area contributed by atoms with Gasteiger partial charge in [-0.3, -0.25) is 9.59 Å². The van der Waals surface area contributed by atoms with Gasteiger partial charge in [0.15, 0.2) is 0 Å². The van der Waals surface area contributed by atoms with Gasteiger partial charge in [0.05, 0.1) is 13.7 Å². The standard InChI is InChI=1S/C19H22BrN5O3S/c1-4-5-14-9-17(27)25-18(22-14)29-19(23-25)24(2)11-16(26)21-10-12-8-13(20)6-7-15(12)28-3/h6-9H,4-5,10-11H2,1-3H3,(H,21,26). The highest BCUT2D eigenvalue weighted by Crippen LogP contribution is 2.23. The Kier molecular flexibility index (Phi) is 6.86. The van der Waals surface area contributed by atoms with E-state index in [4.69, 9.17) is 4.74 Å². The van der Waals surface area contributed by atoms with Crippen molar-refractivity contribution in [2.45, 2.75) is 26.3 Å². The first kappa shape index (κ1) is 21.3. The minimum Gasteiger partial charge on any atom is -0.496 e. The highest BCUT2D eigenvalue weighted by atomic mass is 79.9. The smallest absolute Gasteiger partial charge is 0.275 e. The number of carbonyl (C=O) groups is 1. The van der Waals surface area contributed by atoms with Gasteiger partial charge in [0, 0.05) is 35.4 Å². The Hall–Kier alpha value is -2.46. The van der Waals surface area contributed by atoms with Crippen LogP contribution >= 0.6 is 27.3 Å². The van der Waals surface area contributed by atoms with Crippen LogP contribution in [-0.2, 0) is 17.8 Å². The number of likely N-dealkylation sites (N-methyl/N-ethyl adjacent to an activating group) is 1. The zero-order valence-electron chi connectivity index (χ0n) is 16.4. The van der Waals surface area contributed by atoms with E-state index in [2.05, 4.69) is 31.3 Å². The summed E-state index contributed by atoms with van der Waals surface area (Å²) in [7, 11) is 3.35. The molecule has 0 bridgehead atoms. The van der Waals surface area contributed by atoms with E-state index >= 15 is 0 Å². The molecule has 1 N–H and O–H groups in total. The second-order valence-electron chi connectivity index (χ2n) is 6.50. The molecule has 8 nitrogen and oxygen atoms in total. The maximum Gasteiger partial charge on any atom is 0.275 e. The molecular formula is C19H22BrN5O3S. The Labute approximate surface area is 180 Å². The van der Waals surface area contributed by atoms with Crippen LogP contribution in [0.25, 0.3) is 4.96 Å². The third-order valence-electron chi connectivity index (χ3n) is 4.22. The van der Waals surface area contributed by atoms with Crippen molar-refractivity contribution in [2.75, 3.05) is 25.6 Å². The van der Waals surface area contributed by atoms with Gasteiger partial charge < -0.3 is 15.0 Å². The third kappa shape index (κ3) is 5.13. The maximum absolute atomic E-state index is 12.4. The van der Waals surface area contributed by atoms with Gasteiger partial charge in [-0.2, -0.15) is 4.52 Å². The number of amides is 1. The molecule has 10 heteroatoms. The number of aromatic nitrogens is 3. The van der Waals surface area contributed by atoms with Crippen LogP contribution in [0.3, 0.4) is 0 Å². The number of nitrogens with zero attached hydrogens (tertiary/aromatic N) is 4. The lowest BCUT2D eigenvalue weighted by Gasteiger charge is -2.15. The SMILES string of the molecule is CCCc1cc(=O)n2nc(N(C)CC(=O)NCc3cc(Br)ccc3OC)sc2n1. The van der Waals surface area contributed by atoms with Gasteiger partial charge in [-0.05, 0) is 24.6 Å². The predicted molar refractivity (Wildman–Crippen MR) is 117 cm³/mol. The summed E-state index contributed by atoms with van der Waals surface area (Å²) in [6.07, 6.45) is 1.66. The van der Waals surface area contributed by atoms with E-state index in [9.17, 15) is 9.59 Å². The van der Waals surface area contributed by atoms with Crippen LogP contribution in [0.4, 0.5) is 5.13 Å². The molecule has 3 aromatic rings. The zero-order chi connectivity index (χ0) is 21.0. The number of hydrogen-bond acceptors (Lipinski definition) is 7. The number of rotatable bonds is 8. The van der Waals surface area contributed by atoms with E-state index in [0.29, 0.717) is 22.4 Å². The van der Waals surface area contributed by atoms with E-state index in [-0.39, 0.29) is 18.0 Å². The second kappa shape index (κ2) is 9.36. The summed E-state index contributed by atoms with van der Waals surface area (Å²) < 4.78 is 7.51. The van der Waals surface area contributed by atoms with Gasteiger partial charge in [0.1, 0.15) is 5.75 Å². The van der Waals surface area contributed by atoms with Gasteiger partial charge in [-0.15, -0.1) is 5.10 Å². The van der Waals surface area contributed by atoms with Gasteiger partial charge >= 0.3 is 0 Å². The molecule has 0 atom stereocenters. The Bertz CT molecular complexity index is 1080. The van der Waals surface area contributed by atoms with E-state index in [1.807, 2.05) is 25.1 Å². The van der Waals surface area contributed by atoms with Crippen molar-refractivity contribution in [1.82, 2.24) is 19.9 Å². The summed E-state index contributed by atoms with van der Waals surface area (Å²) in [5.41, 5.74) is 1.42. The quantitative estimate of drug-likeness (QED) is 0.534. The molecule has 0 saturated carbocycles. The molecule has 154 valence electrons. The summed E-state index contributed by atoms with van der Waals surface area (Å²) in [6, 6.07) is 7.14. The fourth-order valence-electron chi connectivity index (χ4n) is 2.80. The van der Waals surface area contributed by atoms with Crippen molar-refractivity contribution < 1.29 is 9.53 Å². The van der Waals surface area contributed by atoms with Gasteiger partial charge in [-0.25, -0.2) is 4.98 Å². The Morgan fingerprint density at radius 3 is 2.90 bits per heavy atom. The highest BCUT2D eigenvalue weighted by molar-refractivity contribution is 9.10. The molecule has 3 rings (SSSR count). The number of carbonyl (C=O) groups excluding carboxylic acids is 1. The molecule has 2 heterocycles. The van der Waals surface area contributed by atoms with Crippen LogP contribution in [0.2, 0.25) is 0 Å². The average Bonchev–Trinajstić information content (AvgIpc) is 3.12. The maximum atomic E-state index is 12.4. The number of fused-ring (bicyclic) bond motifs is 1. The second-order valence-corrected chi connectivity index (χ2v) is 8.35. The predicted octanol–water partition coefficient (Wildman–Crippen LogP) is 2.63. The molecule has 29 heavy (non-hydrogen) atoms. The molecule has 1 amide bonds. The van der Waals surface area contributed by atoms with Crippen molar-refractivity contribution >= 4 is 43.3 Å². The van der Waals surface area contributed by atoms with E-state index in [1.54, 1.807) is 19.1 Å². The Morgan fingerprint density at radius 2 is 2.17 bits per heavy atom. The number of anilines is 1. The summed E-state index contributed by atoms with van der Waals surface area (Å²) >= 11 is 4.71. The molecule has 0 aliphatic heterocycles. The average molecular weight is 480 g/mol. The van der Waals surface area contributed by atoms with E-state index in [0.717, 1.165) is 28.6 Å².